The Morgan fingerprint density at radius 3 is 2.12 bits per heavy atom. The third kappa shape index (κ3) is 8.05. The summed E-state index contributed by atoms with van der Waals surface area (Å²) >= 11 is 0. The van der Waals surface area contributed by atoms with Crippen LogP contribution in [0.1, 0.15) is 56.8 Å². The molecule has 3 aromatic rings. The first-order valence-corrected chi connectivity index (χ1v) is 13.2. The lowest BCUT2D eigenvalue weighted by Crippen LogP contribution is -2.53. The Bertz CT molecular complexity index is 1390. The van der Waals surface area contributed by atoms with Crippen molar-refractivity contribution in [1.29, 1.82) is 0 Å². The van der Waals surface area contributed by atoms with Crippen LogP contribution in [0.25, 0.3) is 10.8 Å². The number of primary amides is 1. The number of hydrogen-bond acceptors (Lipinski definition) is 5. The average molecular weight is 547 g/mol. The molecule has 0 saturated heterocycles. The number of anilines is 1. The maximum atomic E-state index is 13.9. The lowest BCUT2D eigenvalue weighted by atomic mass is 9.98. The molecule has 4 amide bonds. The van der Waals surface area contributed by atoms with Crippen LogP contribution >= 0.6 is 0 Å². The summed E-state index contributed by atoms with van der Waals surface area (Å²) in [6.07, 6.45) is -1.33. The second-order valence-corrected chi connectivity index (χ2v) is 10.9. The number of fused-ring (bicyclic) bond motifs is 1. The molecule has 212 valence electrons. The minimum Gasteiger partial charge on any atom is -0.444 e. The van der Waals surface area contributed by atoms with Crippen LogP contribution in [-0.4, -0.2) is 46.9 Å². The Kier molecular flexibility index (Phi) is 9.52. The number of carbonyl (C=O) groups is 4. The molecule has 0 fully saturated rings. The van der Waals surface area contributed by atoms with Gasteiger partial charge < -0.3 is 26.0 Å². The lowest BCUT2D eigenvalue weighted by Gasteiger charge is -2.33. The van der Waals surface area contributed by atoms with E-state index >= 15 is 0 Å². The number of hydrogen-bond donors (Lipinski definition) is 3. The monoisotopic (exact) mass is 546 g/mol. The standard InChI is InChI=1S/C31H38N4O5/c1-7-35(29(38)25(18-26(32)36)34-30(39)40-31(4,5)6)27(23-15-19(2)14-20(3)16-23)28(37)33-24-13-12-21-10-8-9-11-22(21)17-24/h8-17,25,27H,7,18H2,1-6H3,(H2,32,36)(H,33,37)(H,34,39). The van der Waals surface area contributed by atoms with Gasteiger partial charge in [0.1, 0.15) is 17.7 Å². The summed E-state index contributed by atoms with van der Waals surface area (Å²) in [5, 5.41) is 7.41. The third-order valence-electron chi connectivity index (χ3n) is 6.15. The van der Waals surface area contributed by atoms with Gasteiger partial charge in [-0.25, -0.2) is 4.79 Å². The summed E-state index contributed by atoms with van der Waals surface area (Å²) in [5.41, 5.74) is 7.61. The van der Waals surface area contributed by atoms with Gasteiger partial charge in [-0.1, -0.05) is 59.7 Å². The number of carbonyl (C=O) groups excluding carboxylic acids is 4. The fourth-order valence-corrected chi connectivity index (χ4v) is 4.64. The topological polar surface area (TPSA) is 131 Å². The molecule has 0 aliphatic heterocycles. The second-order valence-electron chi connectivity index (χ2n) is 10.9. The first-order valence-electron chi connectivity index (χ1n) is 13.2. The Hall–Kier alpha value is -4.40. The lowest BCUT2D eigenvalue weighted by molar-refractivity contribution is -0.141. The molecule has 0 aliphatic rings. The number of nitrogens with one attached hydrogen (secondary N) is 2. The van der Waals surface area contributed by atoms with Crippen molar-refractivity contribution in [2.45, 2.75) is 65.6 Å². The smallest absolute Gasteiger partial charge is 0.408 e. The van der Waals surface area contributed by atoms with Gasteiger partial charge in [0.2, 0.25) is 11.8 Å². The van der Waals surface area contributed by atoms with Crippen LogP contribution in [0.15, 0.2) is 60.7 Å². The molecule has 0 bridgehead atoms. The first kappa shape index (κ1) is 30.1. The summed E-state index contributed by atoms with van der Waals surface area (Å²) in [6.45, 7) is 10.7. The molecule has 9 nitrogen and oxygen atoms in total. The zero-order valence-corrected chi connectivity index (χ0v) is 23.9. The predicted octanol–water partition coefficient (Wildman–Crippen LogP) is 4.75. The zero-order valence-electron chi connectivity index (χ0n) is 23.9. The maximum Gasteiger partial charge on any atom is 0.408 e. The van der Waals surface area contributed by atoms with Gasteiger partial charge in [0.25, 0.3) is 5.91 Å². The van der Waals surface area contributed by atoms with E-state index in [1.807, 2.05) is 68.4 Å². The zero-order chi connectivity index (χ0) is 29.6. The van der Waals surface area contributed by atoms with E-state index in [0.717, 1.165) is 21.9 Å². The Morgan fingerprint density at radius 1 is 0.925 bits per heavy atom. The molecular formula is C31H38N4O5. The molecule has 3 aromatic carbocycles. The van der Waals surface area contributed by atoms with E-state index in [9.17, 15) is 19.2 Å². The summed E-state index contributed by atoms with van der Waals surface area (Å²) in [6, 6.07) is 16.6. The number of amides is 4. The van der Waals surface area contributed by atoms with Crippen molar-refractivity contribution < 1.29 is 23.9 Å². The van der Waals surface area contributed by atoms with Gasteiger partial charge in [-0.15, -0.1) is 0 Å². The fraction of sp³-hybridized carbons (Fsp3) is 0.355. The van der Waals surface area contributed by atoms with Crippen molar-refractivity contribution in [2.24, 2.45) is 5.73 Å². The van der Waals surface area contributed by atoms with Crippen molar-refractivity contribution in [2.75, 3.05) is 11.9 Å². The third-order valence-corrected chi connectivity index (χ3v) is 6.15. The number of ether oxygens (including phenoxy) is 1. The molecule has 2 atom stereocenters. The fourth-order valence-electron chi connectivity index (χ4n) is 4.64. The van der Waals surface area contributed by atoms with Crippen LogP contribution < -0.4 is 16.4 Å². The molecule has 0 aromatic heterocycles. The van der Waals surface area contributed by atoms with E-state index in [4.69, 9.17) is 10.5 Å². The van der Waals surface area contributed by atoms with Gasteiger partial charge >= 0.3 is 6.09 Å². The molecule has 3 rings (SSSR count). The Balaban J connectivity index is 2.01. The highest BCUT2D eigenvalue weighted by atomic mass is 16.6. The van der Waals surface area contributed by atoms with Crippen molar-refractivity contribution in [3.05, 3.63) is 77.4 Å². The van der Waals surface area contributed by atoms with E-state index in [2.05, 4.69) is 10.6 Å². The van der Waals surface area contributed by atoms with Crippen molar-refractivity contribution in [3.63, 3.8) is 0 Å². The van der Waals surface area contributed by atoms with Gasteiger partial charge in [0, 0.05) is 12.2 Å². The largest absolute Gasteiger partial charge is 0.444 e. The van der Waals surface area contributed by atoms with Gasteiger partial charge in [-0.3, -0.25) is 14.4 Å². The minimum atomic E-state index is -1.32. The molecule has 2 unspecified atom stereocenters. The number of nitrogens with two attached hydrogens (primary N) is 1. The van der Waals surface area contributed by atoms with E-state index in [0.29, 0.717) is 11.3 Å². The number of likely N-dealkylation sites (N-methyl/N-ethyl adjacent to an activating group) is 1. The quantitative estimate of drug-likeness (QED) is 0.356. The number of aryl methyl sites for hydroxylation is 2. The second kappa shape index (κ2) is 12.6. The van der Waals surface area contributed by atoms with Gasteiger partial charge in [0.05, 0.1) is 6.42 Å². The molecule has 40 heavy (non-hydrogen) atoms. The normalized spacial score (nSPS) is 12.8. The summed E-state index contributed by atoms with van der Waals surface area (Å²) in [4.78, 5) is 53.6. The van der Waals surface area contributed by atoms with E-state index in [1.165, 1.54) is 4.90 Å². The van der Waals surface area contributed by atoms with Crippen molar-refractivity contribution in [3.8, 4) is 0 Å². The highest BCUT2D eigenvalue weighted by Crippen LogP contribution is 2.27. The van der Waals surface area contributed by atoms with E-state index in [-0.39, 0.29) is 6.54 Å². The Labute approximate surface area is 235 Å². The minimum absolute atomic E-state index is 0.118. The first-order chi connectivity index (χ1) is 18.8. The van der Waals surface area contributed by atoms with Crippen LogP contribution in [-0.2, 0) is 19.1 Å². The van der Waals surface area contributed by atoms with Gasteiger partial charge in [-0.2, -0.15) is 0 Å². The SMILES string of the molecule is CCN(C(=O)C(CC(N)=O)NC(=O)OC(C)(C)C)C(C(=O)Nc1ccc2ccccc2c1)c1cc(C)cc(C)c1. The van der Waals surface area contributed by atoms with Crippen molar-refractivity contribution >= 4 is 40.3 Å². The molecular weight excluding hydrogens is 508 g/mol. The summed E-state index contributed by atoms with van der Waals surface area (Å²) in [7, 11) is 0. The highest BCUT2D eigenvalue weighted by Gasteiger charge is 2.36. The number of benzene rings is 3. The molecule has 0 radical (unpaired) electrons. The van der Waals surface area contributed by atoms with Crippen LogP contribution in [0, 0.1) is 13.8 Å². The van der Waals surface area contributed by atoms with Crippen LogP contribution in [0.4, 0.5) is 10.5 Å². The molecule has 0 heterocycles. The number of nitrogens with zero attached hydrogens (tertiary/aromatic N) is 1. The Morgan fingerprint density at radius 2 is 1.55 bits per heavy atom. The summed E-state index contributed by atoms with van der Waals surface area (Å²) < 4.78 is 5.30. The van der Waals surface area contributed by atoms with Crippen LogP contribution in [0.3, 0.4) is 0 Å². The van der Waals surface area contributed by atoms with Gasteiger partial charge in [-0.05, 0) is 70.0 Å². The molecule has 0 spiro atoms. The van der Waals surface area contributed by atoms with E-state index in [1.54, 1.807) is 33.8 Å². The van der Waals surface area contributed by atoms with Gasteiger partial charge in [0.15, 0.2) is 0 Å². The summed E-state index contributed by atoms with van der Waals surface area (Å²) in [5.74, 6) is -1.86. The molecule has 0 saturated carbocycles. The molecule has 4 N–H and O–H groups in total. The van der Waals surface area contributed by atoms with Crippen LogP contribution in [0.5, 0.6) is 0 Å². The number of alkyl carbamates (subject to hydrolysis) is 1. The highest BCUT2D eigenvalue weighted by molar-refractivity contribution is 6.01. The maximum absolute atomic E-state index is 13.9. The van der Waals surface area contributed by atoms with Crippen LogP contribution in [0.2, 0.25) is 0 Å². The molecule has 0 aliphatic carbocycles. The average Bonchev–Trinajstić information content (AvgIpc) is 2.84. The molecule has 9 heteroatoms. The van der Waals surface area contributed by atoms with Crippen molar-refractivity contribution in [1.82, 2.24) is 10.2 Å². The van der Waals surface area contributed by atoms with E-state index < -0.39 is 47.9 Å². The predicted molar refractivity (Wildman–Crippen MR) is 156 cm³/mol. The number of rotatable bonds is 9.